The van der Waals surface area contributed by atoms with Crippen LogP contribution < -0.4 is 10.6 Å². The Balaban J connectivity index is 2.03. The molecule has 0 bridgehead atoms. The summed E-state index contributed by atoms with van der Waals surface area (Å²) in [6.07, 6.45) is 2.66. The molecule has 2 heteroatoms. The van der Waals surface area contributed by atoms with Crippen molar-refractivity contribution in [3.05, 3.63) is 29.3 Å². The molecule has 18 heavy (non-hydrogen) atoms. The fourth-order valence-electron chi connectivity index (χ4n) is 2.93. The van der Waals surface area contributed by atoms with Crippen molar-refractivity contribution >= 4 is 5.69 Å². The van der Waals surface area contributed by atoms with Crippen molar-refractivity contribution in [1.29, 1.82) is 0 Å². The van der Waals surface area contributed by atoms with Gasteiger partial charge in [0, 0.05) is 25.3 Å². The second-order valence-corrected chi connectivity index (χ2v) is 5.88. The molecule has 1 aromatic rings. The van der Waals surface area contributed by atoms with Gasteiger partial charge < -0.3 is 10.6 Å². The van der Waals surface area contributed by atoms with E-state index in [1.165, 1.54) is 42.7 Å². The minimum absolute atomic E-state index is 0.640. The third kappa shape index (κ3) is 2.86. The average Bonchev–Trinajstić information content (AvgIpc) is 2.38. The molecule has 1 aliphatic heterocycles. The molecule has 0 saturated carbocycles. The zero-order valence-electron chi connectivity index (χ0n) is 11.9. The summed E-state index contributed by atoms with van der Waals surface area (Å²) >= 11 is 0. The summed E-state index contributed by atoms with van der Waals surface area (Å²) < 4.78 is 0. The number of piperidine rings is 1. The molecule has 0 radical (unpaired) electrons. The molecule has 1 fully saturated rings. The molecule has 100 valence electrons. The van der Waals surface area contributed by atoms with Gasteiger partial charge in [0.25, 0.3) is 0 Å². The van der Waals surface area contributed by atoms with E-state index < -0.39 is 0 Å². The van der Waals surface area contributed by atoms with Gasteiger partial charge in [-0.1, -0.05) is 19.9 Å². The van der Waals surface area contributed by atoms with Crippen LogP contribution in [0.25, 0.3) is 0 Å². The van der Waals surface area contributed by atoms with E-state index in [1.54, 1.807) is 0 Å². The number of aryl methyl sites for hydroxylation is 1. The molecule has 0 amide bonds. The zero-order chi connectivity index (χ0) is 13.1. The predicted molar refractivity (Wildman–Crippen MR) is 78.8 cm³/mol. The van der Waals surface area contributed by atoms with Gasteiger partial charge in [0.15, 0.2) is 0 Å². The van der Waals surface area contributed by atoms with Gasteiger partial charge in [0.2, 0.25) is 0 Å². The Morgan fingerprint density at radius 1 is 1.28 bits per heavy atom. The molecule has 1 aliphatic rings. The van der Waals surface area contributed by atoms with E-state index in [1.807, 2.05) is 0 Å². The number of anilines is 1. The van der Waals surface area contributed by atoms with Gasteiger partial charge in [-0.2, -0.15) is 0 Å². The highest BCUT2D eigenvalue weighted by Crippen LogP contribution is 2.28. The number of hydrogen-bond donors (Lipinski definition) is 1. The molecule has 0 aliphatic carbocycles. The highest BCUT2D eigenvalue weighted by atomic mass is 15.1. The van der Waals surface area contributed by atoms with Gasteiger partial charge in [-0.15, -0.1) is 0 Å². The molecule has 1 aromatic carbocycles. The van der Waals surface area contributed by atoms with Crippen LogP contribution in [0.1, 0.15) is 37.8 Å². The Morgan fingerprint density at radius 3 is 2.44 bits per heavy atom. The van der Waals surface area contributed by atoms with Crippen molar-refractivity contribution < 1.29 is 0 Å². The van der Waals surface area contributed by atoms with Crippen LogP contribution >= 0.6 is 0 Å². The molecule has 2 nitrogen and oxygen atoms in total. The quantitative estimate of drug-likeness (QED) is 0.886. The van der Waals surface area contributed by atoms with Crippen LogP contribution in [0.5, 0.6) is 0 Å². The van der Waals surface area contributed by atoms with Crippen molar-refractivity contribution in [1.82, 2.24) is 0 Å². The van der Waals surface area contributed by atoms with Crippen molar-refractivity contribution in [2.24, 2.45) is 17.6 Å². The standard InChI is InChI=1S/C16H26N2/c1-12(2)14-6-8-18(9-7-14)16-5-4-15(11-17)13(3)10-16/h4-5,10,12,14H,6-9,11,17H2,1-3H3. The largest absolute Gasteiger partial charge is 0.372 e. The minimum atomic E-state index is 0.640. The lowest BCUT2D eigenvalue weighted by Gasteiger charge is -2.35. The van der Waals surface area contributed by atoms with Crippen LogP contribution in [0.2, 0.25) is 0 Å². The monoisotopic (exact) mass is 246 g/mol. The fourth-order valence-corrected chi connectivity index (χ4v) is 2.93. The first-order valence-corrected chi connectivity index (χ1v) is 7.16. The Hall–Kier alpha value is -1.02. The van der Waals surface area contributed by atoms with E-state index in [4.69, 9.17) is 5.73 Å². The molecule has 0 spiro atoms. The van der Waals surface area contributed by atoms with Crippen LogP contribution in [-0.4, -0.2) is 13.1 Å². The summed E-state index contributed by atoms with van der Waals surface area (Å²) in [6, 6.07) is 6.70. The minimum Gasteiger partial charge on any atom is -0.372 e. The van der Waals surface area contributed by atoms with Gasteiger partial charge >= 0.3 is 0 Å². The maximum atomic E-state index is 5.72. The smallest absolute Gasteiger partial charge is 0.0369 e. The SMILES string of the molecule is Cc1cc(N2CCC(C(C)C)CC2)ccc1CN. The molecule has 0 unspecified atom stereocenters. The van der Waals surface area contributed by atoms with Crippen molar-refractivity contribution in [2.45, 2.75) is 40.2 Å². The Bertz CT molecular complexity index is 390. The fraction of sp³-hybridized carbons (Fsp3) is 0.625. The third-order valence-electron chi connectivity index (χ3n) is 4.39. The first-order chi connectivity index (χ1) is 8.61. The molecular formula is C16H26N2. The summed E-state index contributed by atoms with van der Waals surface area (Å²) in [5.41, 5.74) is 9.66. The first-order valence-electron chi connectivity index (χ1n) is 7.16. The topological polar surface area (TPSA) is 29.3 Å². The molecule has 2 rings (SSSR count). The van der Waals surface area contributed by atoms with E-state index in [0.717, 1.165) is 11.8 Å². The van der Waals surface area contributed by atoms with Gasteiger partial charge in [0.1, 0.15) is 0 Å². The van der Waals surface area contributed by atoms with Gasteiger partial charge in [-0.3, -0.25) is 0 Å². The highest BCUT2D eigenvalue weighted by molar-refractivity contribution is 5.51. The molecule has 2 N–H and O–H groups in total. The normalized spacial score (nSPS) is 17.5. The van der Waals surface area contributed by atoms with Crippen molar-refractivity contribution in [2.75, 3.05) is 18.0 Å². The molecule has 1 saturated heterocycles. The molecule has 0 atom stereocenters. The third-order valence-corrected chi connectivity index (χ3v) is 4.39. The lowest BCUT2D eigenvalue weighted by Crippen LogP contribution is -2.35. The van der Waals surface area contributed by atoms with E-state index in [2.05, 4.69) is 43.9 Å². The van der Waals surface area contributed by atoms with E-state index in [9.17, 15) is 0 Å². The van der Waals surface area contributed by atoms with Crippen LogP contribution in [0, 0.1) is 18.8 Å². The maximum absolute atomic E-state index is 5.72. The molecule has 1 heterocycles. The summed E-state index contributed by atoms with van der Waals surface area (Å²) in [6.45, 7) is 9.89. The van der Waals surface area contributed by atoms with Crippen LogP contribution in [-0.2, 0) is 6.54 Å². The number of nitrogens with two attached hydrogens (primary N) is 1. The van der Waals surface area contributed by atoms with Crippen LogP contribution in [0.15, 0.2) is 18.2 Å². The summed E-state index contributed by atoms with van der Waals surface area (Å²) in [5.74, 6) is 1.74. The first kappa shape index (κ1) is 13.4. The highest BCUT2D eigenvalue weighted by Gasteiger charge is 2.21. The van der Waals surface area contributed by atoms with Gasteiger partial charge in [-0.05, 0) is 54.9 Å². The van der Waals surface area contributed by atoms with Gasteiger partial charge in [0.05, 0.1) is 0 Å². The van der Waals surface area contributed by atoms with Crippen molar-refractivity contribution in [3.63, 3.8) is 0 Å². The van der Waals surface area contributed by atoms with Crippen LogP contribution in [0.3, 0.4) is 0 Å². The summed E-state index contributed by atoms with van der Waals surface area (Å²) in [5, 5.41) is 0. The van der Waals surface area contributed by atoms with Crippen molar-refractivity contribution in [3.8, 4) is 0 Å². The summed E-state index contributed by atoms with van der Waals surface area (Å²) in [7, 11) is 0. The molecule has 0 aromatic heterocycles. The summed E-state index contributed by atoms with van der Waals surface area (Å²) in [4.78, 5) is 2.52. The van der Waals surface area contributed by atoms with Crippen LogP contribution in [0.4, 0.5) is 5.69 Å². The van der Waals surface area contributed by atoms with Gasteiger partial charge in [-0.25, -0.2) is 0 Å². The number of rotatable bonds is 3. The van der Waals surface area contributed by atoms with E-state index in [-0.39, 0.29) is 0 Å². The number of hydrogen-bond acceptors (Lipinski definition) is 2. The maximum Gasteiger partial charge on any atom is 0.0369 e. The van der Waals surface area contributed by atoms with E-state index >= 15 is 0 Å². The zero-order valence-corrected chi connectivity index (χ0v) is 11.9. The Morgan fingerprint density at radius 2 is 1.94 bits per heavy atom. The molecular weight excluding hydrogens is 220 g/mol. The number of nitrogens with zero attached hydrogens (tertiary/aromatic N) is 1. The van der Waals surface area contributed by atoms with E-state index in [0.29, 0.717) is 6.54 Å². The predicted octanol–water partition coefficient (Wildman–Crippen LogP) is 3.33. The Kier molecular flexibility index (Phi) is 4.28. The lowest BCUT2D eigenvalue weighted by atomic mass is 9.86. The second-order valence-electron chi connectivity index (χ2n) is 5.88. The lowest BCUT2D eigenvalue weighted by molar-refractivity contribution is 0.311. The number of benzene rings is 1. The average molecular weight is 246 g/mol. The Labute approximate surface area is 111 Å². The second kappa shape index (κ2) is 5.75.